The molecule has 4 nitrogen and oxygen atoms in total. The van der Waals surface area contributed by atoms with Crippen LogP contribution in [0.5, 0.6) is 0 Å². The van der Waals surface area contributed by atoms with Gasteiger partial charge in [-0.3, -0.25) is 14.5 Å². The number of carbonyl (C=O) groups is 2. The lowest BCUT2D eigenvalue weighted by molar-refractivity contribution is 0.0269. The van der Waals surface area contributed by atoms with Gasteiger partial charge in [0.2, 0.25) is 0 Å². The molecule has 0 N–H and O–H groups in total. The third-order valence-electron chi connectivity index (χ3n) is 4.32. The van der Waals surface area contributed by atoms with Crippen molar-refractivity contribution in [2.75, 3.05) is 0 Å². The molecule has 2 aromatic rings. The normalized spacial score (nSPS) is 16.2. The zero-order valence-corrected chi connectivity index (χ0v) is 13.9. The molecule has 0 fully saturated rings. The molecule has 2 atom stereocenters. The Morgan fingerprint density at radius 2 is 1.42 bits per heavy atom. The van der Waals surface area contributed by atoms with Crippen molar-refractivity contribution in [1.82, 2.24) is 4.90 Å². The highest BCUT2D eigenvalue weighted by Crippen LogP contribution is 2.26. The van der Waals surface area contributed by atoms with E-state index in [0.29, 0.717) is 24.2 Å². The quantitative estimate of drug-likeness (QED) is 0.762. The van der Waals surface area contributed by atoms with Gasteiger partial charge in [0.1, 0.15) is 0 Å². The molecular weight excluding hydrogens is 302 g/mol. The number of fused-ring (bicyclic) bond motifs is 1. The third-order valence-corrected chi connectivity index (χ3v) is 4.32. The van der Waals surface area contributed by atoms with Crippen molar-refractivity contribution in [3.8, 4) is 0 Å². The molecule has 0 bridgehead atoms. The predicted molar refractivity (Wildman–Crippen MR) is 91.7 cm³/mol. The molecule has 124 valence electrons. The lowest BCUT2D eigenvalue weighted by Crippen LogP contribution is -2.39. The Labute approximate surface area is 142 Å². The van der Waals surface area contributed by atoms with Crippen molar-refractivity contribution in [2.24, 2.45) is 0 Å². The van der Waals surface area contributed by atoms with E-state index in [-0.39, 0.29) is 24.0 Å². The van der Waals surface area contributed by atoms with Crippen molar-refractivity contribution >= 4 is 11.8 Å². The Morgan fingerprint density at radius 1 is 0.875 bits per heavy atom. The average molecular weight is 323 g/mol. The lowest BCUT2D eigenvalue weighted by Gasteiger charge is -2.25. The first kappa shape index (κ1) is 16.4. The van der Waals surface area contributed by atoms with Crippen molar-refractivity contribution in [1.29, 1.82) is 0 Å². The van der Waals surface area contributed by atoms with Crippen LogP contribution in [-0.4, -0.2) is 28.9 Å². The van der Waals surface area contributed by atoms with Crippen molar-refractivity contribution < 1.29 is 14.3 Å². The van der Waals surface area contributed by atoms with Gasteiger partial charge in [0.15, 0.2) is 0 Å². The summed E-state index contributed by atoms with van der Waals surface area (Å²) in [4.78, 5) is 26.3. The summed E-state index contributed by atoms with van der Waals surface area (Å²) in [6.07, 6.45) is 0.558. The van der Waals surface area contributed by atoms with Gasteiger partial charge in [-0.25, -0.2) is 0 Å². The Balaban J connectivity index is 1.60. The van der Waals surface area contributed by atoms with E-state index >= 15 is 0 Å². The van der Waals surface area contributed by atoms with Gasteiger partial charge in [-0.05, 0) is 38.0 Å². The predicted octanol–water partition coefficient (Wildman–Crippen LogP) is 3.67. The van der Waals surface area contributed by atoms with E-state index in [9.17, 15) is 9.59 Å². The third kappa shape index (κ3) is 3.24. The van der Waals surface area contributed by atoms with Crippen LogP contribution in [0.25, 0.3) is 0 Å². The van der Waals surface area contributed by atoms with Crippen LogP contribution in [0.3, 0.4) is 0 Å². The second kappa shape index (κ2) is 6.97. The molecule has 1 heterocycles. The lowest BCUT2D eigenvalue weighted by atomic mass is 10.1. The molecule has 2 amide bonds. The molecule has 4 heteroatoms. The van der Waals surface area contributed by atoms with Gasteiger partial charge < -0.3 is 4.74 Å². The fourth-order valence-electron chi connectivity index (χ4n) is 3.07. The van der Waals surface area contributed by atoms with Crippen molar-refractivity contribution in [2.45, 2.75) is 39.0 Å². The zero-order valence-electron chi connectivity index (χ0n) is 13.9. The van der Waals surface area contributed by atoms with Gasteiger partial charge in [0.05, 0.1) is 23.8 Å². The van der Waals surface area contributed by atoms with Crippen LogP contribution < -0.4 is 0 Å². The van der Waals surface area contributed by atoms with Crippen LogP contribution in [0.4, 0.5) is 0 Å². The summed E-state index contributed by atoms with van der Waals surface area (Å²) in [5.41, 5.74) is 2.09. The molecular formula is C20H21NO3. The minimum absolute atomic E-state index is 0.0514. The fourth-order valence-corrected chi connectivity index (χ4v) is 3.07. The van der Waals surface area contributed by atoms with Gasteiger partial charge in [0, 0.05) is 6.04 Å². The number of hydrogen-bond donors (Lipinski definition) is 0. The summed E-state index contributed by atoms with van der Waals surface area (Å²) in [5.74, 6) is -0.420. The molecule has 0 saturated heterocycles. The monoisotopic (exact) mass is 323 g/mol. The first-order valence-electron chi connectivity index (χ1n) is 8.20. The van der Waals surface area contributed by atoms with E-state index in [0.717, 1.165) is 5.56 Å². The zero-order chi connectivity index (χ0) is 17.1. The van der Waals surface area contributed by atoms with Crippen LogP contribution in [-0.2, 0) is 11.3 Å². The molecule has 24 heavy (non-hydrogen) atoms. The van der Waals surface area contributed by atoms with Crippen molar-refractivity contribution in [3.05, 3.63) is 71.3 Å². The Kier molecular flexibility index (Phi) is 4.76. The Morgan fingerprint density at radius 3 is 2.00 bits per heavy atom. The molecule has 3 rings (SSSR count). The van der Waals surface area contributed by atoms with E-state index in [1.807, 2.05) is 44.2 Å². The SMILES string of the molecule is C[C@H](C[C@H](C)OCc1ccccc1)N1C(=O)c2ccccc2C1=O. The maximum atomic E-state index is 12.5. The Hall–Kier alpha value is -2.46. The van der Waals surface area contributed by atoms with Gasteiger partial charge >= 0.3 is 0 Å². The minimum Gasteiger partial charge on any atom is -0.374 e. The second-order valence-electron chi connectivity index (χ2n) is 6.22. The van der Waals surface area contributed by atoms with Gasteiger partial charge in [0.25, 0.3) is 11.8 Å². The van der Waals surface area contributed by atoms with Gasteiger partial charge in [-0.1, -0.05) is 42.5 Å². The number of amides is 2. The Bertz CT molecular complexity index is 707. The summed E-state index contributed by atoms with van der Waals surface area (Å²) in [6, 6.07) is 16.7. The van der Waals surface area contributed by atoms with E-state index in [4.69, 9.17) is 4.74 Å². The van der Waals surface area contributed by atoms with E-state index < -0.39 is 0 Å². The van der Waals surface area contributed by atoms with E-state index in [1.165, 1.54) is 4.90 Å². The minimum atomic E-state index is -0.210. The fraction of sp³-hybridized carbons (Fsp3) is 0.300. The number of carbonyl (C=O) groups excluding carboxylic acids is 2. The van der Waals surface area contributed by atoms with Crippen molar-refractivity contribution in [3.63, 3.8) is 0 Å². The molecule has 0 unspecified atom stereocenters. The van der Waals surface area contributed by atoms with Gasteiger partial charge in [-0.2, -0.15) is 0 Å². The number of benzene rings is 2. The highest BCUT2D eigenvalue weighted by Gasteiger charge is 2.38. The maximum Gasteiger partial charge on any atom is 0.261 e. The van der Waals surface area contributed by atoms with Crippen LogP contribution in [0.1, 0.15) is 46.5 Å². The maximum absolute atomic E-state index is 12.5. The number of ether oxygens (including phenoxy) is 1. The summed E-state index contributed by atoms with van der Waals surface area (Å²) < 4.78 is 5.86. The van der Waals surface area contributed by atoms with Crippen LogP contribution in [0, 0.1) is 0 Å². The molecule has 0 aromatic heterocycles. The molecule has 0 aliphatic carbocycles. The number of imide groups is 1. The molecule has 2 aromatic carbocycles. The summed E-state index contributed by atoms with van der Waals surface area (Å²) in [5, 5.41) is 0. The van der Waals surface area contributed by atoms with Crippen LogP contribution in [0.2, 0.25) is 0 Å². The number of nitrogens with zero attached hydrogens (tertiary/aromatic N) is 1. The molecule has 0 spiro atoms. The van der Waals surface area contributed by atoms with Crippen LogP contribution >= 0.6 is 0 Å². The summed E-state index contributed by atoms with van der Waals surface area (Å²) in [6.45, 7) is 4.39. The molecule has 1 aliphatic rings. The largest absolute Gasteiger partial charge is 0.374 e. The van der Waals surface area contributed by atoms with E-state index in [1.54, 1.807) is 24.3 Å². The number of hydrogen-bond acceptors (Lipinski definition) is 3. The molecule has 1 aliphatic heterocycles. The standard InChI is InChI=1S/C20H21NO3/c1-14(12-15(2)24-13-16-8-4-3-5-9-16)21-19(22)17-10-6-7-11-18(17)20(21)23/h3-11,14-15H,12-13H2,1-2H3/t14-,15+/m1/s1. The summed E-state index contributed by atoms with van der Waals surface area (Å²) >= 11 is 0. The van der Waals surface area contributed by atoms with Crippen LogP contribution in [0.15, 0.2) is 54.6 Å². The first-order chi connectivity index (χ1) is 11.6. The first-order valence-corrected chi connectivity index (χ1v) is 8.20. The topological polar surface area (TPSA) is 46.6 Å². The smallest absolute Gasteiger partial charge is 0.261 e. The highest BCUT2D eigenvalue weighted by molar-refractivity contribution is 6.21. The second-order valence-corrected chi connectivity index (χ2v) is 6.22. The van der Waals surface area contributed by atoms with E-state index in [2.05, 4.69) is 0 Å². The highest BCUT2D eigenvalue weighted by atomic mass is 16.5. The van der Waals surface area contributed by atoms with Gasteiger partial charge in [-0.15, -0.1) is 0 Å². The molecule has 0 radical (unpaired) electrons. The number of rotatable bonds is 6. The average Bonchev–Trinajstić information content (AvgIpc) is 2.85. The summed E-state index contributed by atoms with van der Waals surface area (Å²) in [7, 11) is 0. The molecule has 0 saturated carbocycles.